The summed E-state index contributed by atoms with van der Waals surface area (Å²) in [7, 11) is 0. The predicted molar refractivity (Wildman–Crippen MR) is 93.4 cm³/mol. The number of halogens is 1. The Hall–Kier alpha value is -1.35. The molecule has 0 fully saturated rings. The number of hydrogen-bond acceptors (Lipinski definition) is 2. The van der Waals surface area contributed by atoms with Crippen LogP contribution in [0.15, 0.2) is 53.9 Å². The summed E-state index contributed by atoms with van der Waals surface area (Å²) < 4.78 is 1.34. The van der Waals surface area contributed by atoms with Gasteiger partial charge in [-0.1, -0.05) is 54.9 Å². The molecule has 1 heterocycles. The fourth-order valence-electron chi connectivity index (χ4n) is 2.63. The van der Waals surface area contributed by atoms with Gasteiger partial charge in [-0.2, -0.15) is 0 Å². The van der Waals surface area contributed by atoms with Crippen LogP contribution in [-0.4, -0.2) is 6.54 Å². The summed E-state index contributed by atoms with van der Waals surface area (Å²) in [6.45, 7) is 3.15. The van der Waals surface area contributed by atoms with Gasteiger partial charge in [0, 0.05) is 9.72 Å². The minimum atomic E-state index is 0.140. The summed E-state index contributed by atoms with van der Waals surface area (Å²) in [4.78, 5) is 0. The van der Waals surface area contributed by atoms with Crippen molar-refractivity contribution in [3.8, 4) is 0 Å². The Kier molecular flexibility index (Phi) is 4.59. The van der Waals surface area contributed by atoms with Crippen molar-refractivity contribution in [3.63, 3.8) is 0 Å². The van der Waals surface area contributed by atoms with Gasteiger partial charge in [0.25, 0.3) is 0 Å². The standard InChI is InChI=1S/C18H18ClNS/c1-2-11-20-17(14-7-3-4-9-16(14)19)15-8-5-6-13-10-12-21-18(13)15/h3-10,12,17,20H,2,11H2,1H3. The molecule has 0 aliphatic carbocycles. The number of rotatable bonds is 5. The topological polar surface area (TPSA) is 12.0 Å². The van der Waals surface area contributed by atoms with Gasteiger partial charge in [0.2, 0.25) is 0 Å². The van der Waals surface area contributed by atoms with E-state index in [0.29, 0.717) is 0 Å². The molecule has 3 rings (SSSR count). The number of benzene rings is 2. The van der Waals surface area contributed by atoms with Crippen LogP contribution in [0.1, 0.15) is 30.5 Å². The maximum Gasteiger partial charge on any atom is 0.0605 e. The highest BCUT2D eigenvalue weighted by Crippen LogP contribution is 2.34. The van der Waals surface area contributed by atoms with E-state index in [9.17, 15) is 0 Å². The number of thiophene rings is 1. The highest BCUT2D eigenvalue weighted by Gasteiger charge is 2.18. The Morgan fingerprint density at radius 1 is 1.05 bits per heavy atom. The van der Waals surface area contributed by atoms with Gasteiger partial charge in [0.15, 0.2) is 0 Å². The van der Waals surface area contributed by atoms with Crippen LogP contribution in [0, 0.1) is 0 Å². The van der Waals surface area contributed by atoms with Crippen molar-refractivity contribution in [2.45, 2.75) is 19.4 Å². The van der Waals surface area contributed by atoms with Gasteiger partial charge < -0.3 is 5.32 Å². The van der Waals surface area contributed by atoms with Crippen molar-refractivity contribution in [1.29, 1.82) is 0 Å². The average Bonchev–Trinajstić information content (AvgIpc) is 2.98. The van der Waals surface area contributed by atoms with Crippen LogP contribution in [0.3, 0.4) is 0 Å². The molecule has 1 nitrogen and oxygen atoms in total. The number of fused-ring (bicyclic) bond motifs is 1. The molecular formula is C18H18ClNS. The van der Waals surface area contributed by atoms with E-state index in [1.165, 1.54) is 15.6 Å². The zero-order valence-electron chi connectivity index (χ0n) is 12.0. The van der Waals surface area contributed by atoms with Gasteiger partial charge >= 0.3 is 0 Å². The first-order valence-electron chi connectivity index (χ1n) is 7.25. The minimum Gasteiger partial charge on any atom is -0.306 e. The highest BCUT2D eigenvalue weighted by atomic mass is 35.5. The Bertz CT molecular complexity index is 735. The van der Waals surface area contributed by atoms with Crippen LogP contribution in [0.25, 0.3) is 10.1 Å². The first kappa shape index (κ1) is 14.6. The van der Waals surface area contributed by atoms with Gasteiger partial charge in [-0.3, -0.25) is 0 Å². The molecule has 1 aromatic heterocycles. The van der Waals surface area contributed by atoms with E-state index in [0.717, 1.165) is 23.6 Å². The lowest BCUT2D eigenvalue weighted by molar-refractivity contribution is 0.602. The number of nitrogens with one attached hydrogen (secondary N) is 1. The molecular weight excluding hydrogens is 298 g/mol. The van der Waals surface area contributed by atoms with Crippen molar-refractivity contribution in [1.82, 2.24) is 5.32 Å². The molecule has 108 valence electrons. The molecule has 0 saturated heterocycles. The van der Waals surface area contributed by atoms with Crippen molar-refractivity contribution in [2.75, 3.05) is 6.54 Å². The largest absolute Gasteiger partial charge is 0.306 e. The third-order valence-electron chi connectivity index (χ3n) is 3.64. The Morgan fingerprint density at radius 2 is 1.86 bits per heavy atom. The summed E-state index contributed by atoms with van der Waals surface area (Å²) in [6, 6.07) is 16.9. The molecule has 0 bridgehead atoms. The molecule has 0 aliphatic rings. The molecule has 0 spiro atoms. The molecule has 0 saturated carbocycles. The van der Waals surface area contributed by atoms with E-state index in [2.05, 4.69) is 54.0 Å². The second-order valence-corrected chi connectivity index (χ2v) is 6.42. The van der Waals surface area contributed by atoms with Gasteiger partial charge in [-0.15, -0.1) is 11.3 Å². The Labute approximate surface area is 134 Å². The SMILES string of the molecule is CCCNC(c1ccccc1Cl)c1cccc2ccsc12. The fraction of sp³-hybridized carbons (Fsp3) is 0.222. The van der Waals surface area contributed by atoms with Crippen LogP contribution >= 0.6 is 22.9 Å². The first-order chi connectivity index (χ1) is 10.3. The predicted octanol–water partition coefficient (Wildman–Crippen LogP) is 5.64. The molecule has 0 aliphatic heterocycles. The average molecular weight is 316 g/mol. The van der Waals surface area contributed by atoms with Crippen LogP contribution in [0.4, 0.5) is 0 Å². The van der Waals surface area contributed by atoms with E-state index in [4.69, 9.17) is 11.6 Å². The molecule has 2 aromatic carbocycles. The van der Waals surface area contributed by atoms with Crippen molar-refractivity contribution in [2.24, 2.45) is 0 Å². The summed E-state index contributed by atoms with van der Waals surface area (Å²) in [5, 5.41) is 7.92. The summed E-state index contributed by atoms with van der Waals surface area (Å²) in [6.07, 6.45) is 1.10. The molecule has 0 amide bonds. The maximum absolute atomic E-state index is 6.44. The van der Waals surface area contributed by atoms with Crippen LogP contribution < -0.4 is 5.32 Å². The molecule has 3 heteroatoms. The Morgan fingerprint density at radius 3 is 2.67 bits per heavy atom. The summed E-state index contributed by atoms with van der Waals surface area (Å²) in [5.74, 6) is 0. The van der Waals surface area contributed by atoms with E-state index in [1.54, 1.807) is 11.3 Å². The maximum atomic E-state index is 6.44. The van der Waals surface area contributed by atoms with E-state index in [1.807, 2.05) is 12.1 Å². The van der Waals surface area contributed by atoms with Gasteiger partial charge in [-0.05, 0) is 47.0 Å². The quantitative estimate of drug-likeness (QED) is 0.642. The lowest BCUT2D eigenvalue weighted by Gasteiger charge is -2.21. The van der Waals surface area contributed by atoms with Gasteiger partial charge in [0.1, 0.15) is 0 Å². The van der Waals surface area contributed by atoms with Crippen molar-refractivity contribution in [3.05, 3.63) is 70.1 Å². The van der Waals surface area contributed by atoms with Gasteiger partial charge in [0.05, 0.1) is 6.04 Å². The Balaban J connectivity index is 2.11. The third-order valence-corrected chi connectivity index (χ3v) is 4.96. The van der Waals surface area contributed by atoms with E-state index >= 15 is 0 Å². The number of hydrogen-bond donors (Lipinski definition) is 1. The van der Waals surface area contributed by atoms with Crippen LogP contribution in [-0.2, 0) is 0 Å². The monoisotopic (exact) mass is 315 g/mol. The lowest BCUT2D eigenvalue weighted by Crippen LogP contribution is -2.23. The molecule has 0 radical (unpaired) electrons. The first-order valence-corrected chi connectivity index (χ1v) is 8.51. The summed E-state index contributed by atoms with van der Waals surface area (Å²) in [5.41, 5.74) is 2.46. The second kappa shape index (κ2) is 6.61. The molecule has 1 N–H and O–H groups in total. The molecule has 1 unspecified atom stereocenters. The van der Waals surface area contributed by atoms with Gasteiger partial charge in [-0.25, -0.2) is 0 Å². The smallest absolute Gasteiger partial charge is 0.0605 e. The minimum absolute atomic E-state index is 0.140. The molecule has 3 aromatic rings. The molecule has 21 heavy (non-hydrogen) atoms. The van der Waals surface area contributed by atoms with Crippen molar-refractivity contribution < 1.29 is 0 Å². The summed E-state index contributed by atoms with van der Waals surface area (Å²) >= 11 is 8.23. The fourth-order valence-corrected chi connectivity index (χ4v) is 3.82. The third kappa shape index (κ3) is 2.98. The zero-order chi connectivity index (χ0) is 14.7. The molecule has 1 atom stereocenters. The second-order valence-electron chi connectivity index (χ2n) is 5.09. The van der Waals surface area contributed by atoms with Crippen molar-refractivity contribution >= 4 is 33.0 Å². The van der Waals surface area contributed by atoms with Crippen LogP contribution in [0.5, 0.6) is 0 Å². The van der Waals surface area contributed by atoms with E-state index < -0.39 is 0 Å². The van der Waals surface area contributed by atoms with Crippen LogP contribution in [0.2, 0.25) is 5.02 Å². The lowest BCUT2D eigenvalue weighted by atomic mass is 9.97. The zero-order valence-corrected chi connectivity index (χ0v) is 13.5. The van der Waals surface area contributed by atoms with E-state index in [-0.39, 0.29) is 6.04 Å². The highest BCUT2D eigenvalue weighted by molar-refractivity contribution is 7.17. The normalized spacial score (nSPS) is 12.7.